The molecule has 2 rings (SSSR count). The highest BCUT2D eigenvalue weighted by molar-refractivity contribution is 5.98. The molecule has 0 aliphatic carbocycles. The Morgan fingerprint density at radius 1 is 0.903 bits per heavy atom. The minimum Gasteiger partial charge on any atom is -0.454 e. The minimum atomic E-state index is -1.01. The van der Waals surface area contributed by atoms with Gasteiger partial charge in [-0.1, -0.05) is 48.5 Å². The SMILES string of the molecule is CC(C)(C)NC(=O)NC(=O)COC(=O)C(Cc1ccccc1)NC(=O)c1ccccc1. The van der Waals surface area contributed by atoms with Crippen LogP contribution < -0.4 is 16.0 Å². The average molecular weight is 425 g/mol. The van der Waals surface area contributed by atoms with E-state index in [0.29, 0.717) is 5.56 Å². The predicted molar refractivity (Wildman–Crippen MR) is 115 cm³/mol. The summed E-state index contributed by atoms with van der Waals surface area (Å²) >= 11 is 0. The number of hydrogen-bond donors (Lipinski definition) is 3. The van der Waals surface area contributed by atoms with E-state index in [2.05, 4.69) is 16.0 Å². The number of benzene rings is 2. The van der Waals surface area contributed by atoms with E-state index in [-0.39, 0.29) is 6.42 Å². The van der Waals surface area contributed by atoms with Crippen molar-refractivity contribution >= 4 is 23.8 Å². The van der Waals surface area contributed by atoms with E-state index in [1.165, 1.54) is 0 Å². The molecule has 0 aliphatic heterocycles. The molecular weight excluding hydrogens is 398 g/mol. The molecule has 1 atom stereocenters. The van der Waals surface area contributed by atoms with Gasteiger partial charge in [0, 0.05) is 17.5 Å². The molecule has 8 nitrogen and oxygen atoms in total. The fraction of sp³-hybridized carbons (Fsp3) is 0.304. The van der Waals surface area contributed by atoms with E-state index in [0.717, 1.165) is 5.56 Å². The lowest BCUT2D eigenvalue weighted by molar-refractivity contribution is -0.150. The van der Waals surface area contributed by atoms with Crippen molar-refractivity contribution in [1.82, 2.24) is 16.0 Å². The second-order valence-electron chi connectivity index (χ2n) is 7.94. The summed E-state index contributed by atoms with van der Waals surface area (Å²) in [5.41, 5.74) is 0.681. The van der Waals surface area contributed by atoms with Crippen molar-refractivity contribution in [3.63, 3.8) is 0 Å². The standard InChI is InChI=1S/C23H27N3O5/c1-23(2,3)26-22(30)25-19(27)15-31-21(29)18(14-16-10-6-4-7-11-16)24-20(28)17-12-8-5-9-13-17/h4-13,18H,14-15H2,1-3H3,(H,24,28)(H2,25,26,27,30). The summed E-state index contributed by atoms with van der Waals surface area (Å²) in [4.78, 5) is 48.8. The first-order chi connectivity index (χ1) is 14.6. The van der Waals surface area contributed by atoms with Crippen LogP contribution >= 0.6 is 0 Å². The predicted octanol–water partition coefficient (Wildman–Crippen LogP) is 2.20. The zero-order valence-electron chi connectivity index (χ0n) is 17.8. The Bertz CT molecular complexity index is 908. The number of ether oxygens (including phenoxy) is 1. The third-order valence-corrected chi connectivity index (χ3v) is 4.00. The van der Waals surface area contributed by atoms with Crippen molar-refractivity contribution in [3.05, 3.63) is 71.8 Å². The molecule has 2 aromatic carbocycles. The van der Waals surface area contributed by atoms with E-state index >= 15 is 0 Å². The largest absolute Gasteiger partial charge is 0.454 e. The minimum absolute atomic E-state index is 0.185. The number of urea groups is 1. The third-order valence-electron chi connectivity index (χ3n) is 4.00. The van der Waals surface area contributed by atoms with Gasteiger partial charge in [0.15, 0.2) is 6.61 Å². The number of nitrogens with one attached hydrogen (secondary N) is 3. The Morgan fingerprint density at radius 2 is 1.48 bits per heavy atom. The first-order valence-corrected chi connectivity index (χ1v) is 9.82. The molecule has 0 heterocycles. The fourth-order valence-corrected chi connectivity index (χ4v) is 2.65. The molecule has 164 valence electrons. The lowest BCUT2D eigenvalue weighted by Crippen LogP contribution is -2.49. The van der Waals surface area contributed by atoms with Crippen LogP contribution in [0, 0.1) is 0 Å². The highest BCUT2D eigenvalue weighted by atomic mass is 16.5. The van der Waals surface area contributed by atoms with E-state index < -0.39 is 42.0 Å². The zero-order valence-corrected chi connectivity index (χ0v) is 17.8. The van der Waals surface area contributed by atoms with Crippen LogP contribution in [0.3, 0.4) is 0 Å². The first-order valence-electron chi connectivity index (χ1n) is 9.82. The van der Waals surface area contributed by atoms with Crippen LogP contribution in [-0.4, -0.2) is 42.0 Å². The van der Waals surface area contributed by atoms with E-state index in [9.17, 15) is 19.2 Å². The monoisotopic (exact) mass is 425 g/mol. The topological polar surface area (TPSA) is 114 Å². The van der Waals surface area contributed by atoms with Crippen LogP contribution in [0.15, 0.2) is 60.7 Å². The molecule has 0 fully saturated rings. The number of carbonyl (C=O) groups is 4. The van der Waals surface area contributed by atoms with Crippen molar-refractivity contribution in [1.29, 1.82) is 0 Å². The van der Waals surface area contributed by atoms with Crippen LogP contribution in [0.5, 0.6) is 0 Å². The first kappa shape index (κ1) is 23.6. The third kappa shape index (κ3) is 8.69. The van der Waals surface area contributed by atoms with Gasteiger partial charge in [-0.15, -0.1) is 0 Å². The Hall–Kier alpha value is -3.68. The van der Waals surface area contributed by atoms with Crippen molar-refractivity contribution < 1.29 is 23.9 Å². The number of imide groups is 1. The molecule has 1 unspecified atom stereocenters. The smallest absolute Gasteiger partial charge is 0.329 e. The van der Waals surface area contributed by atoms with E-state index in [4.69, 9.17) is 4.74 Å². The highest BCUT2D eigenvalue weighted by Crippen LogP contribution is 2.07. The molecule has 3 N–H and O–H groups in total. The van der Waals surface area contributed by atoms with Gasteiger partial charge in [-0.05, 0) is 38.5 Å². The van der Waals surface area contributed by atoms with Crippen molar-refractivity contribution in [2.45, 2.75) is 38.8 Å². The molecule has 0 radical (unpaired) electrons. The quantitative estimate of drug-likeness (QED) is 0.589. The number of rotatable bonds is 7. The van der Waals surface area contributed by atoms with Gasteiger partial charge >= 0.3 is 12.0 Å². The van der Waals surface area contributed by atoms with Crippen LogP contribution in [0.1, 0.15) is 36.7 Å². The summed E-state index contributed by atoms with van der Waals surface area (Å²) in [7, 11) is 0. The molecule has 0 bridgehead atoms. The van der Waals surface area contributed by atoms with Crippen LogP contribution in [0.2, 0.25) is 0 Å². The van der Waals surface area contributed by atoms with Crippen LogP contribution in [0.25, 0.3) is 0 Å². The Kier molecular flexibility index (Phi) is 8.31. The second kappa shape index (κ2) is 10.9. The lowest BCUT2D eigenvalue weighted by Gasteiger charge is -2.20. The molecule has 31 heavy (non-hydrogen) atoms. The summed E-state index contributed by atoms with van der Waals surface area (Å²) in [5, 5.41) is 7.32. The van der Waals surface area contributed by atoms with Crippen LogP contribution in [-0.2, 0) is 20.7 Å². The van der Waals surface area contributed by atoms with Gasteiger partial charge in [0.2, 0.25) is 0 Å². The highest BCUT2D eigenvalue weighted by Gasteiger charge is 2.25. The van der Waals surface area contributed by atoms with Crippen molar-refractivity contribution in [2.24, 2.45) is 0 Å². The number of hydrogen-bond acceptors (Lipinski definition) is 5. The van der Waals surface area contributed by atoms with Gasteiger partial charge < -0.3 is 15.4 Å². The maximum atomic E-state index is 12.6. The molecule has 0 aliphatic rings. The average Bonchev–Trinajstić information content (AvgIpc) is 2.71. The summed E-state index contributed by atoms with van der Waals surface area (Å²) in [6.07, 6.45) is 0.185. The summed E-state index contributed by atoms with van der Waals surface area (Å²) in [5.74, 6) is -1.99. The Morgan fingerprint density at radius 3 is 2.06 bits per heavy atom. The molecule has 0 saturated heterocycles. The van der Waals surface area contributed by atoms with Crippen molar-refractivity contribution in [3.8, 4) is 0 Å². The summed E-state index contributed by atoms with van der Waals surface area (Å²) in [6, 6.07) is 15.9. The van der Waals surface area contributed by atoms with Crippen LogP contribution in [0.4, 0.5) is 4.79 Å². The maximum Gasteiger partial charge on any atom is 0.329 e. The van der Waals surface area contributed by atoms with Gasteiger partial charge in [-0.3, -0.25) is 14.9 Å². The Balaban J connectivity index is 1.99. The van der Waals surface area contributed by atoms with Gasteiger partial charge in [-0.25, -0.2) is 9.59 Å². The molecule has 2 aromatic rings. The molecule has 0 saturated carbocycles. The van der Waals surface area contributed by atoms with E-state index in [1.54, 1.807) is 51.1 Å². The van der Waals surface area contributed by atoms with Gasteiger partial charge in [-0.2, -0.15) is 0 Å². The van der Waals surface area contributed by atoms with E-state index in [1.807, 2.05) is 30.3 Å². The maximum absolute atomic E-state index is 12.6. The molecule has 4 amide bonds. The lowest BCUT2D eigenvalue weighted by atomic mass is 10.1. The summed E-state index contributed by atoms with van der Waals surface area (Å²) < 4.78 is 5.06. The molecular formula is C23H27N3O5. The second-order valence-corrected chi connectivity index (χ2v) is 7.94. The van der Waals surface area contributed by atoms with Gasteiger partial charge in [0.05, 0.1) is 0 Å². The Labute approximate surface area is 181 Å². The number of carbonyl (C=O) groups excluding carboxylic acids is 4. The summed E-state index contributed by atoms with van der Waals surface area (Å²) in [6.45, 7) is 4.64. The van der Waals surface area contributed by atoms with Gasteiger partial charge in [0.1, 0.15) is 6.04 Å². The molecule has 0 aromatic heterocycles. The zero-order chi connectivity index (χ0) is 22.9. The number of amides is 4. The molecule has 8 heteroatoms. The van der Waals surface area contributed by atoms with Gasteiger partial charge in [0.25, 0.3) is 11.8 Å². The number of esters is 1. The fourth-order valence-electron chi connectivity index (χ4n) is 2.65. The van der Waals surface area contributed by atoms with Crippen molar-refractivity contribution in [2.75, 3.05) is 6.61 Å². The molecule has 0 spiro atoms. The normalized spacial score (nSPS) is 11.7.